The lowest BCUT2D eigenvalue weighted by Crippen LogP contribution is -2.38. The van der Waals surface area contributed by atoms with E-state index in [-0.39, 0.29) is 6.04 Å². The van der Waals surface area contributed by atoms with E-state index in [4.69, 9.17) is 0 Å². The summed E-state index contributed by atoms with van der Waals surface area (Å²) in [5.74, 6) is -0.437. The number of aromatic amines is 1. The van der Waals surface area contributed by atoms with Crippen LogP contribution in [-0.2, 0) is 6.54 Å². The summed E-state index contributed by atoms with van der Waals surface area (Å²) in [7, 11) is 0. The van der Waals surface area contributed by atoms with E-state index in [0.717, 1.165) is 17.2 Å². The third-order valence-corrected chi connectivity index (χ3v) is 4.18. The zero-order valence-corrected chi connectivity index (χ0v) is 15.7. The van der Waals surface area contributed by atoms with Crippen molar-refractivity contribution in [3.63, 3.8) is 0 Å². The quantitative estimate of drug-likeness (QED) is 0.449. The minimum Gasteiger partial charge on any atom is -0.357 e. The van der Waals surface area contributed by atoms with E-state index in [0.29, 0.717) is 30.4 Å². The molecule has 0 fully saturated rings. The van der Waals surface area contributed by atoms with Crippen LogP contribution in [0, 0.1) is 11.6 Å². The van der Waals surface area contributed by atoms with Crippen molar-refractivity contribution in [3.05, 3.63) is 71.6 Å². The van der Waals surface area contributed by atoms with Crippen molar-refractivity contribution >= 4 is 5.96 Å². The molecule has 0 aliphatic carbocycles. The van der Waals surface area contributed by atoms with E-state index in [1.165, 1.54) is 12.4 Å². The number of rotatable bonds is 6. The molecule has 0 spiro atoms. The summed E-state index contributed by atoms with van der Waals surface area (Å²) in [5.41, 5.74) is 2.57. The predicted molar refractivity (Wildman–Crippen MR) is 105 cm³/mol. The molecule has 0 aliphatic rings. The molecule has 0 saturated heterocycles. The smallest absolute Gasteiger partial charge is 0.192 e. The van der Waals surface area contributed by atoms with Gasteiger partial charge in [-0.1, -0.05) is 24.3 Å². The number of H-pyrrole nitrogens is 1. The maximum atomic E-state index is 13.5. The molecule has 0 saturated carbocycles. The van der Waals surface area contributed by atoms with Gasteiger partial charge in [0.05, 0.1) is 12.6 Å². The molecule has 0 bridgehead atoms. The van der Waals surface area contributed by atoms with Crippen molar-refractivity contribution < 1.29 is 8.78 Å². The third-order valence-electron chi connectivity index (χ3n) is 4.18. The van der Waals surface area contributed by atoms with Crippen LogP contribution in [0.25, 0.3) is 11.4 Å². The lowest BCUT2D eigenvalue weighted by molar-refractivity contribution is 0.504. The van der Waals surface area contributed by atoms with Gasteiger partial charge in [0.15, 0.2) is 23.4 Å². The monoisotopic (exact) mass is 384 g/mol. The first-order valence-corrected chi connectivity index (χ1v) is 9.01. The summed E-state index contributed by atoms with van der Waals surface area (Å²) in [4.78, 5) is 8.75. The average Bonchev–Trinajstić information content (AvgIpc) is 3.23. The van der Waals surface area contributed by atoms with Crippen molar-refractivity contribution in [1.29, 1.82) is 0 Å². The maximum Gasteiger partial charge on any atom is 0.192 e. The summed E-state index contributed by atoms with van der Waals surface area (Å²) < 4.78 is 26.6. The fourth-order valence-corrected chi connectivity index (χ4v) is 2.72. The minimum atomic E-state index is -0.864. The third kappa shape index (κ3) is 4.91. The lowest BCUT2D eigenvalue weighted by atomic mass is 10.1. The van der Waals surface area contributed by atoms with Crippen molar-refractivity contribution in [2.24, 2.45) is 4.99 Å². The zero-order valence-electron chi connectivity index (χ0n) is 15.7. The number of hydrogen-bond acceptors (Lipinski definition) is 3. The number of aromatic nitrogens is 3. The van der Waals surface area contributed by atoms with E-state index in [2.05, 4.69) is 30.8 Å². The van der Waals surface area contributed by atoms with Crippen LogP contribution in [0.15, 0.2) is 53.8 Å². The van der Waals surface area contributed by atoms with Crippen LogP contribution in [-0.4, -0.2) is 27.7 Å². The van der Waals surface area contributed by atoms with Gasteiger partial charge in [0.25, 0.3) is 0 Å². The molecule has 1 unspecified atom stereocenters. The van der Waals surface area contributed by atoms with Crippen LogP contribution in [0.5, 0.6) is 0 Å². The standard InChI is InChI=1S/C20H22F2N6/c1-3-23-20(27-13(2)15-7-8-17(21)18(22)10-15)24-11-14-5-4-6-16(9-14)19-25-12-26-28-19/h4-10,12-13H,3,11H2,1-2H3,(H2,23,24,27)(H,25,26,28). The largest absolute Gasteiger partial charge is 0.357 e. The first kappa shape index (κ1) is 19.5. The number of aliphatic imine (C=N–C) groups is 1. The minimum absolute atomic E-state index is 0.242. The van der Waals surface area contributed by atoms with E-state index in [1.54, 1.807) is 6.07 Å². The molecule has 2 aromatic carbocycles. The Morgan fingerprint density at radius 2 is 2.04 bits per heavy atom. The Morgan fingerprint density at radius 3 is 2.75 bits per heavy atom. The highest BCUT2D eigenvalue weighted by atomic mass is 19.2. The first-order valence-electron chi connectivity index (χ1n) is 9.01. The lowest BCUT2D eigenvalue weighted by Gasteiger charge is -2.18. The van der Waals surface area contributed by atoms with Gasteiger partial charge in [0.2, 0.25) is 0 Å². The number of nitrogens with zero attached hydrogens (tertiary/aromatic N) is 3. The second-order valence-corrected chi connectivity index (χ2v) is 6.27. The van der Waals surface area contributed by atoms with Gasteiger partial charge < -0.3 is 10.6 Å². The Hall–Kier alpha value is -3.29. The molecule has 0 amide bonds. The zero-order chi connectivity index (χ0) is 19.9. The summed E-state index contributed by atoms with van der Waals surface area (Å²) in [6.45, 7) is 4.95. The second-order valence-electron chi connectivity index (χ2n) is 6.27. The molecule has 1 heterocycles. The topological polar surface area (TPSA) is 78.0 Å². The number of hydrogen-bond donors (Lipinski definition) is 3. The molecule has 28 heavy (non-hydrogen) atoms. The molecule has 0 radical (unpaired) electrons. The molecule has 1 atom stereocenters. The molecule has 0 aliphatic heterocycles. The van der Waals surface area contributed by atoms with Crippen LogP contribution in [0.1, 0.15) is 31.0 Å². The van der Waals surface area contributed by atoms with Crippen LogP contribution < -0.4 is 10.6 Å². The van der Waals surface area contributed by atoms with Crippen molar-refractivity contribution in [3.8, 4) is 11.4 Å². The Morgan fingerprint density at radius 1 is 1.18 bits per heavy atom. The molecule has 3 N–H and O–H groups in total. The molecule has 3 aromatic rings. The number of benzene rings is 2. The van der Waals surface area contributed by atoms with Crippen molar-refractivity contribution in [1.82, 2.24) is 25.8 Å². The Balaban J connectivity index is 1.72. The van der Waals surface area contributed by atoms with Gasteiger partial charge in [-0.3, -0.25) is 5.10 Å². The van der Waals surface area contributed by atoms with Crippen LogP contribution in [0.4, 0.5) is 8.78 Å². The van der Waals surface area contributed by atoms with Crippen molar-refractivity contribution in [2.45, 2.75) is 26.4 Å². The van der Waals surface area contributed by atoms with Gasteiger partial charge in [-0.25, -0.2) is 18.8 Å². The number of halogens is 2. The normalized spacial score (nSPS) is 12.6. The summed E-state index contributed by atoms with van der Waals surface area (Å²) >= 11 is 0. The average molecular weight is 384 g/mol. The molecule has 1 aromatic heterocycles. The fourth-order valence-electron chi connectivity index (χ4n) is 2.72. The van der Waals surface area contributed by atoms with Crippen molar-refractivity contribution in [2.75, 3.05) is 6.54 Å². The highest BCUT2D eigenvalue weighted by Crippen LogP contribution is 2.17. The van der Waals surface area contributed by atoms with Crippen LogP contribution >= 0.6 is 0 Å². The fraction of sp³-hybridized carbons (Fsp3) is 0.250. The van der Waals surface area contributed by atoms with Gasteiger partial charge in [-0.2, -0.15) is 5.10 Å². The van der Waals surface area contributed by atoms with Gasteiger partial charge >= 0.3 is 0 Å². The maximum absolute atomic E-state index is 13.5. The summed E-state index contributed by atoms with van der Waals surface area (Å²) in [6, 6.07) is 11.5. The summed E-state index contributed by atoms with van der Waals surface area (Å²) in [5, 5.41) is 13.1. The van der Waals surface area contributed by atoms with E-state index >= 15 is 0 Å². The molecule has 3 rings (SSSR count). The SMILES string of the molecule is CCNC(=NCc1cccc(-c2ncn[nH]2)c1)NC(C)c1ccc(F)c(F)c1. The van der Waals surface area contributed by atoms with Gasteiger partial charge in [0.1, 0.15) is 6.33 Å². The van der Waals surface area contributed by atoms with E-state index < -0.39 is 11.6 Å². The van der Waals surface area contributed by atoms with E-state index in [9.17, 15) is 8.78 Å². The van der Waals surface area contributed by atoms with Crippen LogP contribution in [0.3, 0.4) is 0 Å². The first-order chi connectivity index (χ1) is 13.6. The Bertz CT molecular complexity index is 940. The highest BCUT2D eigenvalue weighted by molar-refractivity contribution is 5.80. The molecular weight excluding hydrogens is 362 g/mol. The molecule has 146 valence electrons. The van der Waals surface area contributed by atoms with Gasteiger partial charge in [0, 0.05) is 12.1 Å². The number of nitrogens with one attached hydrogen (secondary N) is 3. The predicted octanol–water partition coefficient (Wildman–Crippen LogP) is 3.57. The second kappa shape index (κ2) is 9.07. The number of guanidine groups is 1. The van der Waals surface area contributed by atoms with Gasteiger partial charge in [-0.05, 0) is 43.2 Å². The highest BCUT2D eigenvalue weighted by Gasteiger charge is 2.11. The molecule has 6 nitrogen and oxygen atoms in total. The summed E-state index contributed by atoms with van der Waals surface area (Å²) in [6.07, 6.45) is 1.47. The van der Waals surface area contributed by atoms with Gasteiger partial charge in [-0.15, -0.1) is 0 Å². The Labute approximate surface area is 162 Å². The molecule has 8 heteroatoms. The van der Waals surface area contributed by atoms with E-state index in [1.807, 2.05) is 38.1 Å². The Kier molecular flexibility index (Phi) is 6.31. The van der Waals surface area contributed by atoms with Crippen LogP contribution in [0.2, 0.25) is 0 Å². The molecular formula is C20H22F2N6.